The van der Waals surface area contributed by atoms with Crippen LogP contribution in [0.25, 0.3) is 0 Å². The van der Waals surface area contributed by atoms with Gasteiger partial charge in [0.25, 0.3) is 0 Å². The summed E-state index contributed by atoms with van der Waals surface area (Å²) in [5.41, 5.74) is 2.52. The van der Waals surface area contributed by atoms with E-state index in [0.717, 1.165) is 16.1 Å². The Hall–Kier alpha value is -0.840. The van der Waals surface area contributed by atoms with E-state index in [2.05, 4.69) is 51.7 Å². The molecule has 1 aromatic carbocycles. The molecule has 0 aliphatic heterocycles. The summed E-state index contributed by atoms with van der Waals surface area (Å²) >= 11 is 5.24. The van der Waals surface area contributed by atoms with Gasteiger partial charge in [-0.05, 0) is 64.1 Å². The van der Waals surface area contributed by atoms with Crippen LogP contribution in [0.15, 0.2) is 39.5 Å². The monoisotopic (exact) mass is 339 g/mol. The van der Waals surface area contributed by atoms with Crippen molar-refractivity contribution in [2.45, 2.75) is 19.9 Å². The molecular weight excluding hydrogens is 322 g/mol. The Morgan fingerprint density at radius 1 is 1.26 bits per heavy atom. The van der Waals surface area contributed by atoms with Crippen molar-refractivity contribution in [2.75, 3.05) is 13.2 Å². The zero-order valence-electron chi connectivity index (χ0n) is 11.2. The number of benzene rings is 1. The minimum Gasteiger partial charge on any atom is -0.494 e. The molecule has 0 bridgehead atoms. The molecule has 2 nitrogen and oxygen atoms in total. The lowest BCUT2D eigenvalue weighted by Gasteiger charge is -2.18. The first-order valence-electron chi connectivity index (χ1n) is 6.44. The Morgan fingerprint density at radius 2 is 2.11 bits per heavy atom. The van der Waals surface area contributed by atoms with Crippen molar-refractivity contribution in [3.05, 3.63) is 50.6 Å². The third kappa shape index (κ3) is 3.81. The summed E-state index contributed by atoms with van der Waals surface area (Å²) in [6, 6.07) is 10.7. The molecule has 0 saturated carbocycles. The lowest BCUT2D eigenvalue weighted by Crippen LogP contribution is -2.21. The lowest BCUT2D eigenvalue weighted by molar-refractivity contribution is 0.339. The molecule has 0 fully saturated rings. The van der Waals surface area contributed by atoms with E-state index in [1.165, 1.54) is 11.1 Å². The summed E-state index contributed by atoms with van der Waals surface area (Å²) in [5.74, 6) is 0.928. The Bertz CT molecular complexity index is 526. The van der Waals surface area contributed by atoms with E-state index in [1.807, 2.05) is 19.1 Å². The van der Waals surface area contributed by atoms with Gasteiger partial charge in [-0.3, -0.25) is 0 Å². The topological polar surface area (TPSA) is 21.3 Å². The molecule has 2 rings (SSSR count). The molecule has 1 aromatic heterocycles. The maximum atomic E-state index is 5.58. The second-order valence-electron chi connectivity index (χ2n) is 4.18. The van der Waals surface area contributed by atoms with Crippen LogP contribution >= 0.6 is 27.3 Å². The summed E-state index contributed by atoms with van der Waals surface area (Å²) < 4.78 is 6.74. The maximum absolute atomic E-state index is 5.58. The van der Waals surface area contributed by atoms with Gasteiger partial charge >= 0.3 is 0 Å². The largest absolute Gasteiger partial charge is 0.494 e. The van der Waals surface area contributed by atoms with E-state index in [1.54, 1.807) is 11.3 Å². The van der Waals surface area contributed by atoms with E-state index in [-0.39, 0.29) is 6.04 Å². The Labute approximate surface area is 126 Å². The van der Waals surface area contributed by atoms with Gasteiger partial charge in [-0.25, -0.2) is 0 Å². The van der Waals surface area contributed by atoms with Gasteiger partial charge in [0.15, 0.2) is 0 Å². The van der Waals surface area contributed by atoms with Gasteiger partial charge in [-0.1, -0.05) is 19.1 Å². The highest BCUT2D eigenvalue weighted by Gasteiger charge is 2.15. The summed E-state index contributed by atoms with van der Waals surface area (Å²) in [6.45, 7) is 5.75. The van der Waals surface area contributed by atoms with Gasteiger partial charge in [0.2, 0.25) is 0 Å². The van der Waals surface area contributed by atoms with Crippen molar-refractivity contribution in [1.82, 2.24) is 5.32 Å². The van der Waals surface area contributed by atoms with E-state index in [9.17, 15) is 0 Å². The fourth-order valence-electron chi connectivity index (χ4n) is 2.06. The average molecular weight is 340 g/mol. The van der Waals surface area contributed by atoms with Gasteiger partial charge in [0, 0.05) is 0 Å². The molecule has 19 heavy (non-hydrogen) atoms. The van der Waals surface area contributed by atoms with Crippen LogP contribution in [0.5, 0.6) is 5.75 Å². The maximum Gasteiger partial charge on any atom is 0.119 e. The minimum atomic E-state index is 0.216. The third-order valence-electron chi connectivity index (χ3n) is 2.83. The molecular formula is C15H18BrNOS. The number of hydrogen-bond acceptors (Lipinski definition) is 3. The fraction of sp³-hybridized carbons (Fsp3) is 0.333. The van der Waals surface area contributed by atoms with Crippen LogP contribution in [0, 0.1) is 0 Å². The summed E-state index contributed by atoms with van der Waals surface area (Å²) in [7, 11) is 0. The van der Waals surface area contributed by atoms with Crippen molar-refractivity contribution in [1.29, 1.82) is 0 Å². The van der Waals surface area contributed by atoms with Crippen molar-refractivity contribution < 1.29 is 4.74 Å². The number of rotatable bonds is 6. The van der Waals surface area contributed by atoms with Crippen molar-refractivity contribution in [2.24, 2.45) is 0 Å². The second-order valence-corrected chi connectivity index (χ2v) is 6.47. The Balaban J connectivity index is 2.30. The molecule has 0 aliphatic rings. The predicted molar refractivity (Wildman–Crippen MR) is 85.1 cm³/mol. The second kappa shape index (κ2) is 7.08. The first-order valence-corrected chi connectivity index (χ1v) is 8.12. The minimum absolute atomic E-state index is 0.216. The molecule has 1 atom stereocenters. The number of nitrogens with one attached hydrogen (secondary N) is 1. The molecule has 0 radical (unpaired) electrons. The standard InChI is InChI=1S/C15H18BrNOS/c1-3-17-15(12-9-14(16)19-10-12)11-6-5-7-13(8-11)18-4-2/h5-10,15,17H,3-4H2,1-2H3. The Morgan fingerprint density at radius 3 is 2.74 bits per heavy atom. The first-order chi connectivity index (χ1) is 9.24. The number of thiophene rings is 1. The summed E-state index contributed by atoms with van der Waals surface area (Å²) in [4.78, 5) is 0. The lowest BCUT2D eigenvalue weighted by atomic mass is 10.0. The molecule has 1 heterocycles. The molecule has 4 heteroatoms. The highest BCUT2D eigenvalue weighted by atomic mass is 79.9. The van der Waals surface area contributed by atoms with Gasteiger partial charge in [-0.2, -0.15) is 0 Å². The number of ether oxygens (including phenoxy) is 1. The predicted octanol–water partition coefficient (Wildman–Crippen LogP) is 4.61. The first kappa shape index (κ1) is 14.6. The van der Waals surface area contributed by atoms with Gasteiger partial charge in [-0.15, -0.1) is 11.3 Å². The van der Waals surface area contributed by atoms with Crippen LogP contribution in [0.4, 0.5) is 0 Å². The van der Waals surface area contributed by atoms with E-state index in [4.69, 9.17) is 4.74 Å². The normalized spacial score (nSPS) is 12.4. The molecule has 0 saturated heterocycles. The van der Waals surface area contributed by atoms with E-state index in [0.29, 0.717) is 6.61 Å². The SMILES string of the molecule is CCNC(c1cccc(OCC)c1)c1csc(Br)c1. The van der Waals surface area contributed by atoms with E-state index >= 15 is 0 Å². The van der Waals surface area contributed by atoms with Crippen molar-refractivity contribution in [3.63, 3.8) is 0 Å². The highest BCUT2D eigenvalue weighted by molar-refractivity contribution is 9.11. The molecule has 102 valence electrons. The molecule has 0 aliphatic carbocycles. The van der Waals surface area contributed by atoms with Gasteiger partial charge < -0.3 is 10.1 Å². The smallest absolute Gasteiger partial charge is 0.119 e. The third-order valence-corrected chi connectivity index (χ3v) is 4.35. The Kier molecular flexibility index (Phi) is 5.43. The van der Waals surface area contributed by atoms with Gasteiger partial charge in [0.05, 0.1) is 16.4 Å². The molecule has 0 amide bonds. The van der Waals surface area contributed by atoms with Crippen LogP contribution in [0.2, 0.25) is 0 Å². The molecule has 1 N–H and O–H groups in total. The van der Waals surface area contributed by atoms with E-state index < -0.39 is 0 Å². The van der Waals surface area contributed by atoms with Crippen LogP contribution in [0.3, 0.4) is 0 Å². The quantitative estimate of drug-likeness (QED) is 0.829. The molecule has 2 aromatic rings. The number of hydrogen-bond donors (Lipinski definition) is 1. The molecule has 0 spiro atoms. The zero-order chi connectivity index (χ0) is 13.7. The zero-order valence-corrected chi connectivity index (χ0v) is 13.6. The van der Waals surface area contributed by atoms with Crippen LogP contribution in [0.1, 0.15) is 31.0 Å². The summed E-state index contributed by atoms with van der Waals surface area (Å²) in [6.07, 6.45) is 0. The van der Waals surface area contributed by atoms with Crippen molar-refractivity contribution in [3.8, 4) is 5.75 Å². The van der Waals surface area contributed by atoms with Crippen LogP contribution in [-0.4, -0.2) is 13.2 Å². The number of halogens is 1. The fourth-order valence-corrected chi connectivity index (χ4v) is 3.26. The molecule has 1 unspecified atom stereocenters. The average Bonchev–Trinajstić information content (AvgIpc) is 2.83. The summed E-state index contributed by atoms with van der Waals surface area (Å²) in [5, 5.41) is 5.71. The van der Waals surface area contributed by atoms with Crippen LogP contribution < -0.4 is 10.1 Å². The van der Waals surface area contributed by atoms with Crippen LogP contribution in [-0.2, 0) is 0 Å². The highest BCUT2D eigenvalue weighted by Crippen LogP contribution is 2.30. The van der Waals surface area contributed by atoms with Gasteiger partial charge in [0.1, 0.15) is 5.75 Å². The van der Waals surface area contributed by atoms with Crippen molar-refractivity contribution >= 4 is 27.3 Å².